The lowest BCUT2D eigenvalue weighted by Crippen LogP contribution is -2.28. The summed E-state index contributed by atoms with van der Waals surface area (Å²) in [6.07, 6.45) is 18.2. The third-order valence-electron chi connectivity index (χ3n) is 9.48. The molecule has 6 heteroatoms. The van der Waals surface area contributed by atoms with Crippen LogP contribution in [0, 0.1) is 0 Å². The fourth-order valence-electron chi connectivity index (χ4n) is 6.25. The molecule has 0 heterocycles. The average molecular weight is 693 g/mol. The molecule has 0 aromatic heterocycles. The fourth-order valence-corrected chi connectivity index (χ4v) is 6.25. The minimum Gasteiger partial charge on any atom is -0.369 e. The van der Waals surface area contributed by atoms with E-state index in [1.54, 1.807) is 0 Å². The van der Waals surface area contributed by atoms with Gasteiger partial charge in [-0.3, -0.25) is 9.59 Å². The normalized spacial score (nSPS) is 11.6. The number of carbonyl (C=O) groups is 2. The molecule has 0 unspecified atom stereocenters. The van der Waals surface area contributed by atoms with E-state index in [4.69, 9.17) is 9.47 Å². The number of ether oxygens (including phenoxy) is 2. The quantitative estimate of drug-likeness (QED) is 0.0694. The van der Waals surface area contributed by atoms with Gasteiger partial charge in [0.25, 0.3) is 0 Å². The minimum atomic E-state index is 0.180. The van der Waals surface area contributed by atoms with E-state index in [2.05, 4.69) is 86.0 Å². The summed E-state index contributed by atoms with van der Waals surface area (Å²) in [7, 11) is 0. The van der Waals surface area contributed by atoms with Gasteiger partial charge in [0, 0.05) is 12.8 Å². The molecule has 0 fully saturated rings. The number of nitrogens with zero attached hydrogens (tertiary/aromatic N) is 2. The van der Waals surface area contributed by atoms with Crippen LogP contribution >= 0.6 is 0 Å². The second-order valence-electron chi connectivity index (χ2n) is 14.2. The van der Waals surface area contributed by atoms with Crippen LogP contribution in [0.1, 0.15) is 142 Å². The predicted octanol–water partition coefficient (Wildman–Crippen LogP) is 10.5. The van der Waals surface area contributed by atoms with Crippen LogP contribution in [0.3, 0.4) is 0 Å². The van der Waals surface area contributed by atoms with Gasteiger partial charge in [0.15, 0.2) is 11.6 Å². The van der Waals surface area contributed by atoms with Gasteiger partial charge in [-0.1, -0.05) is 128 Å². The zero-order valence-electron chi connectivity index (χ0n) is 32.5. The van der Waals surface area contributed by atoms with Crippen LogP contribution in [-0.2, 0) is 32.3 Å². The van der Waals surface area contributed by atoms with E-state index in [9.17, 15) is 9.59 Å². The van der Waals surface area contributed by atoms with Crippen molar-refractivity contribution < 1.29 is 19.1 Å². The van der Waals surface area contributed by atoms with E-state index in [0.717, 1.165) is 74.4 Å². The first-order valence-corrected chi connectivity index (χ1v) is 20.3. The standard InChI is InChI=1S/C44H72N2O4/c1-5-9-13-15-31-45(29-11-7-3)33-17-19-43(47)37-49-35-39-21-25-41(26-22-39)42-27-23-40(24-28-42)36-50-38-44(48)20-18-34-46(30-12-8-4)32-16-14-10-6-2/h21-28H,5-20,29-38H2,1-4H3. The third-order valence-corrected chi connectivity index (χ3v) is 9.48. The van der Waals surface area contributed by atoms with Gasteiger partial charge in [0.05, 0.1) is 13.2 Å². The number of hydrogen-bond acceptors (Lipinski definition) is 6. The molecule has 0 aliphatic carbocycles. The van der Waals surface area contributed by atoms with Gasteiger partial charge in [-0.05, 0) is 100 Å². The van der Waals surface area contributed by atoms with Gasteiger partial charge in [0.2, 0.25) is 0 Å². The van der Waals surface area contributed by atoms with E-state index >= 15 is 0 Å². The molecule has 2 aromatic rings. The Hall–Kier alpha value is -2.38. The summed E-state index contributed by atoms with van der Waals surface area (Å²) in [5, 5.41) is 0. The third kappa shape index (κ3) is 21.1. The van der Waals surface area contributed by atoms with Crippen LogP contribution < -0.4 is 0 Å². The Kier molecular flexibility index (Phi) is 25.6. The van der Waals surface area contributed by atoms with Crippen molar-refractivity contribution in [3.05, 3.63) is 59.7 Å². The maximum atomic E-state index is 12.5. The van der Waals surface area contributed by atoms with Crippen molar-refractivity contribution in [3.63, 3.8) is 0 Å². The lowest BCUT2D eigenvalue weighted by Gasteiger charge is -2.22. The van der Waals surface area contributed by atoms with Gasteiger partial charge >= 0.3 is 0 Å². The Labute approximate surface area is 306 Å². The van der Waals surface area contributed by atoms with Crippen LogP contribution in [0.2, 0.25) is 0 Å². The Bertz CT molecular complexity index is 1030. The average Bonchev–Trinajstić information content (AvgIpc) is 3.13. The minimum absolute atomic E-state index is 0.180. The first-order valence-electron chi connectivity index (χ1n) is 20.3. The summed E-state index contributed by atoms with van der Waals surface area (Å²) in [5.41, 5.74) is 4.39. The highest BCUT2D eigenvalue weighted by molar-refractivity contribution is 5.80. The highest BCUT2D eigenvalue weighted by Gasteiger charge is 2.10. The zero-order chi connectivity index (χ0) is 36.1. The molecule has 0 saturated carbocycles. The Morgan fingerprint density at radius 1 is 0.440 bits per heavy atom. The van der Waals surface area contributed by atoms with Crippen LogP contribution in [0.4, 0.5) is 0 Å². The predicted molar refractivity (Wildman–Crippen MR) is 211 cm³/mol. The van der Waals surface area contributed by atoms with Crippen LogP contribution in [0.5, 0.6) is 0 Å². The van der Waals surface area contributed by atoms with Crippen LogP contribution in [-0.4, -0.2) is 73.8 Å². The molecule has 0 saturated heterocycles. The Morgan fingerprint density at radius 2 is 0.780 bits per heavy atom. The van der Waals surface area contributed by atoms with Crippen molar-refractivity contribution in [1.29, 1.82) is 0 Å². The highest BCUT2D eigenvalue weighted by atomic mass is 16.5. The SMILES string of the molecule is CCCCCCN(CCCC)CCCC(=O)COCc1ccc(-c2ccc(COCC(=O)CCCN(CCCC)CCCCCC)cc2)cc1. The molecule has 6 nitrogen and oxygen atoms in total. The molecule has 282 valence electrons. The number of hydrogen-bond donors (Lipinski definition) is 0. The summed E-state index contributed by atoms with van der Waals surface area (Å²) in [5.74, 6) is 0.378. The van der Waals surface area contributed by atoms with Crippen molar-refractivity contribution in [3.8, 4) is 11.1 Å². The van der Waals surface area contributed by atoms with Gasteiger partial charge < -0.3 is 19.3 Å². The number of carbonyl (C=O) groups excluding carboxylic acids is 2. The van der Waals surface area contributed by atoms with E-state index < -0.39 is 0 Å². The lowest BCUT2D eigenvalue weighted by atomic mass is 10.0. The molecule has 2 rings (SSSR count). The number of unbranched alkanes of at least 4 members (excludes halogenated alkanes) is 8. The number of Topliss-reactive ketones (excluding diaryl/α,β-unsaturated/α-hetero) is 2. The molecule has 0 atom stereocenters. The summed E-state index contributed by atoms with van der Waals surface area (Å²) in [4.78, 5) is 30.0. The number of rotatable bonds is 33. The second-order valence-corrected chi connectivity index (χ2v) is 14.2. The molecule has 0 N–H and O–H groups in total. The maximum absolute atomic E-state index is 12.5. The maximum Gasteiger partial charge on any atom is 0.158 e. The smallest absolute Gasteiger partial charge is 0.158 e. The molecule has 0 amide bonds. The molecule has 0 aliphatic heterocycles. The first kappa shape index (κ1) is 43.8. The molecular weight excluding hydrogens is 620 g/mol. The largest absolute Gasteiger partial charge is 0.369 e. The molecule has 0 radical (unpaired) electrons. The molecule has 0 aliphatic rings. The summed E-state index contributed by atoms with van der Waals surface area (Å²) >= 11 is 0. The van der Waals surface area contributed by atoms with E-state index in [1.165, 1.54) is 77.0 Å². The Morgan fingerprint density at radius 3 is 1.14 bits per heavy atom. The number of ketones is 2. The summed E-state index contributed by atoms with van der Waals surface area (Å²) < 4.78 is 11.6. The second kappa shape index (κ2) is 29.2. The van der Waals surface area contributed by atoms with E-state index in [0.29, 0.717) is 26.1 Å². The summed E-state index contributed by atoms with van der Waals surface area (Å²) in [6, 6.07) is 16.7. The van der Waals surface area contributed by atoms with Gasteiger partial charge in [0.1, 0.15) is 13.2 Å². The van der Waals surface area contributed by atoms with Gasteiger partial charge in [-0.25, -0.2) is 0 Å². The van der Waals surface area contributed by atoms with Gasteiger partial charge in [-0.2, -0.15) is 0 Å². The highest BCUT2D eigenvalue weighted by Crippen LogP contribution is 2.21. The van der Waals surface area contributed by atoms with E-state index in [1.807, 2.05) is 0 Å². The monoisotopic (exact) mass is 693 g/mol. The topological polar surface area (TPSA) is 59.1 Å². The molecule has 0 bridgehead atoms. The number of benzene rings is 2. The Balaban J connectivity index is 1.64. The van der Waals surface area contributed by atoms with Crippen LogP contribution in [0.15, 0.2) is 48.5 Å². The van der Waals surface area contributed by atoms with Crippen molar-refractivity contribution in [2.45, 2.75) is 144 Å². The van der Waals surface area contributed by atoms with Crippen molar-refractivity contribution in [2.75, 3.05) is 52.5 Å². The van der Waals surface area contributed by atoms with E-state index in [-0.39, 0.29) is 24.8 Å². The zero-order valence-corrected chi connectivity index (χ0v) is 32.5. The molecule has 50 heavy (non-hydrogen) atoms. The van der Waals surface area contributed by atoms with Crippen LogP contribution in [0.25, 0.3) is 11.1 Å². The van der Waals surface area contributed by atoms with Crippen molar-refractivity contribution in [2.24, 2.45) is 0 Å². The van der Waals surface area contributed by atoms with Crippen molar-refractivity contribution in [1.82, 2.24) is 9.80 Å². The van der Waals surface area contributed by atoms with Gasteiger partial charge in [-0.15, -0.1) is 0 Å². The fraction of sp³-hybridized carbons (Fsp3) is 0.682. The lowest BCUT2D eigenvalue weighted by molar-refractivity contribution is -0.124. The molecule has 0 spiro atoms. The summed E-state index contributed by atoms with van der Waals surface area (Å²) in [6.45, 7) is 16.8. The van der Waals surface area contributed by atoms with Crippen molar-refractivity contribution >= 4 is 11.6 Å². The first-order chi connectivity index (χ1) is 24.5. The molecular formula is C44H72N2O4. The molecule has 2 aromatic carbocycles.